The molecule has 0 amide bonds. The van der Waals surface area contributed by atoms with Crippen LogP contribution in [0.2, 0.25) is 0 Å². The zero-order valence-electron chi connectivity index (χ0n) is 7.84. The van der Waals surface area contributed by atoms with Crippen molar-refractivity contribution in [2.45, 2.75) is 9.84 Å². The number of alkyl halides is 1. The van der Waals surface area contributed by atoms with E-state index in [1.165, 1.54) is 12.1 Å². The van der Waals surface area contributed by atoms with Gasteiger partial charge in [0.05, 0.1) is 4.92 Å². The average Bonchev–Trinajstić information content (AvgIpc) is 2.89. The van der Waals surface area contributed by atoms with E-state index in [0.717, 1.165) is 5.56 Å². The standard InChI is InChI=1S/C10H10INO3/c11-10-8(5-13)9(10)6-1-3-7(4-2-6)12(14)15/h1-4,8-10,13H,5H2/t8-,9-,10+/m1/s1. The van der Waals surface area contributed by atoms with E-state index in [4.69, 9.17) is 5.11 Å². The number of benzene rings is 1. The van der Waals surface area contributed by atoms with Gasteiger partial charge in [-0.1, -0.05) is 34.7 Å². The summed E-state index contributed by atoms with van der Waals surface area (Å²) in [6.45, 7) is 0.190. The molecule has 0 unspecified atom stereocenters. The second-order valence-electron chi connectivity index (χ2n) is 3.67. The van der Waals surface area contributed by atoms with E-state index in [0.29, 0.717) is 15.8 Å². The number of non-ortho nitro benzene ring substituents is 1. The zero-order valence-corrected chi connectivity index (χ0v) is 9.99. The first-order chi connectivity index (χ1) is 7.15. The van der Waals surface area contributed by atoms with Crippen LogP contribution in [0.1, 0.15) is 11.5 Å². The van der Waals surface area contributed by atoms with Crippen LogP contribution in [0, 0.1) is 16.0 Å². The highest BCUT2D eigenvalue weighted by molar-refractivity contribution is 14.1. The van der Waals surface area contributed by atoms with E-state index in [-0.39, 0.29) is 12.3 Å². The first-order valence-electron chi connectivity index (χ1n) is 4.64. The van der Waals surface area contributed by atoms with E-state index in [9.17, 15) is 10.1 Å². The summed E-state index contributed by atoms with van der Waals surface area (Å²) in [6, 6.07) is 6.60. The minimum atomic E-state index is -0.401. The van der Waals surface area contributed by atoms with E-state index < -0.39 is 4.92 Å². The molecule has 0 saturated heterocycles. The number of halogens is 1. The summed E-state index contributed by atoms with van der Waals surface area (Å²) in [5.41, 5.74) is 1.20. The lowest BCUT2D eigenvalue weighted by Gasteiger charge is -1.98. The largest absolute Gasteiger partial charge is 0.396 e. The molecule has 4 nitrogen and oxygen atoms in total. The molecule has 1 aliphatic carbocycles. The van der Waals surface area contributed by atoms with Crippen molar-refractivity contribution in [2.24, 2.45) is 5.92 Å². The monoisotopic (exact) mass is 319 g/mol. The third-order valence-electron chi connectivity index (χ3n) is 2.77. The maximum Gasteiger partial charge on any atom is 0.269 e. The SMILES string of the molecule is O=[N+]([O-])c1ccc([C@H]2[C@@H](I)[C@@H]2CO)cc1. The fourth-order valence-corrected chi connectivity index (χ4v) is 3.18. The Labute approximate surface area is 101 Å². The normalized spacial score (nSPS) is 28.8. The average molecular weight is 319 g/mol. The summed E-state index contributed by atoms with van der Waals surface area (Å²) in [7, 11) is 0. The molecule has 1 N–H and O–H groups in total. The molecule has 0 aliphatic heterocycles. The quantitative estimate of drug-likeness (QED) is 0.402. The number of nitro benzene ring substituents is 1. The van der Waals surface area contributed by atoms with Gasteiger partial charge >= 0.3 is 0 Å². The Morgan fingerprint density at radius 1 is 1.40 bits per heavy atom. The fraction of sp³-hybridized carbons (Fsp3) is 0.400. The molecule has 1 aromatic carbocycles. The van der Waals surface area contributed by atoms with Crippen molar-refractivity contribution in [2.75, 3.05) is 6.61 Å². The highest BCUT2D eigenvalue weighted by Crippen LogP contribution is 2.52. The lowest BCUT2D eigenvalue weighted by molar-refractivity contribution is -0.384. The molecule has 0 radical (unpaired) electrons. The Morgan fingerprint density at radius 2 is 2.00 bits per heavy atom. The van der Waals surface area contributed by atoms with Gasteiger partial charge in [-0.05, 0) is 5.56 Å². The topological polar surface area (TPSA) is 63.4 Å². The van der Waals surface area contributed by atoms with Crippen LogP contribution in [-0.4, -0.2) is 20.6 Å². The van der Waals surface area contributed by atoms with Crippen molar-refractivity contribution >= 4 is 28.3 Å². The Kier molecular flexibility index (Phi) is 2.92. The zero-order chi connectivity index (χ0) is 11.0. The van der Waals surface area contributed by atoms with Crippen molar-refractivity contribution in [3.8, 4) is 0 Å². The van der Waals surface area contributed by atoms with Gasteiger partial charge in [-0.15, -0.1) is 0 Å². The van der Waals surface area contributed by atoms with Crippen molar-refractivity contribution < 1.29 is 10.0 Å². The molecule has 0 bridgehead atoms. The number of aliphatic hydroxyl groups is 1. The summed E-state index contributed by atoms with van der Waals surface area (Å²) < 4.78 is 0.453. The molecule has 1 aromatic rings. The molecule has 80 valence electrons. The molecule has 15 heavy (non-hydrogen) atoms. The van der Waals surface area contributed by atoms with Gasteiger partial charge in [0.1, 0.15) is 0 Å². The van der Waals surface area contributed by atoms with E-state index in [2.05, 4.69) is 22.6 Å². The van der Waals surface area contributed by atoms with Crippen LogP contribution in [0.25, 0.3) is 0 Å². The van der Waals surface area contributed by atoms with Crippen LogP contribution in [0.15, 0.2) is 24.3 Å². The van der Waals surface area contributed by atoms with Crippen molar-refractivity contribution in [3.05, 3.63) is 39.9 Å². The maximum absolute atomic E-state index is 10.4. The first-order valence-corrected chi connectivity index (χ1v) is 5.89. The molecular weight excluding hydrogens is 309 g/mol. The molecule has 3 atom stereocenters. The van der Waals surface area contributed by atoms with E-state index in [1.54, 1.807) is 12.1 Å². The highest BCUT2D eigenvalue weighted by Gasteiger charge is 2.48. The van der Waals surface area contributed by atoms with Gasteiger partial charge in [0.2, 0.25) is 0 Å². The van der Waals surface area contributed by atoms with Gasteiger partial charge in [-0.2, -0.15) is 0 Å². The number of nitrogens with zero attached hydrogens (tertiary/aromatic N) is 1. The number of hydrogen-bond donors (Lipinski definition) is 1. The van der Waals surface area contributed by atoms with Crippen molar-refractivity contribution in [3.63, 3.8) is 0 Å². The van der Waals surface area contributed by atoms with Gasteiger partial charge in [-0.3, -0.25) is 10.1 Å². The lowest BCUT2D eigenvalue weighted by atomic mass is 10.1. The Hall–Kier alpha value is -0.690. The van der Waals surface area contributed by atoms with Gasteiger partial charge in [0.15, 0.2) is 0 Å². The number of rotatable bonds is 3. The molecule has 0 spiro atoms. The third-order valence-corrected chi connectivity index (χ3v) is 4.47. The molecule has 1 fully saturated rings. The van der Waals surface area contributed by atoms with Gasteiger partial charge in [0, 0.05) is 34.5 Å². The van der Waals surface area contributed by atoms with Crippen LogP contribution < -0.4 is 0 Å². The summed E-state index contributed by atoms with van der Waals surface area (Å²) in [5.74, 6) is 0.670. The van der Waals surface area contributed by atoms with E-state index >= 15 is 0 Å². The Morgan fingerprint density at radius 3 is 2.40 bits per heavy atom. The number of aliphatic hydroxyl groups excluding tert-OH is 1. The summed E-state index contributed by atoms with van der Waals surface area (Å²) in [4.78, 5) is 10.0. The minimum absolute atomic E-state index is 0.116. The van der Waals surface area contributed by atoms with Crippen LogP contribution >= 0.6 is 22.6 Å². The molecular formula is C10H10INO3. The van der Waals surface area contributed by atoms with E-state index in [1.807, 2.05) is 0 Å². The minimum Gasteiger partial charge on any atom is -0.396 e. The van der Waals surface area contributed by atoms with Crippen LogP contribution in [0.4, 0.5) is 5.69 Å². The Bertz CT molecular complexity index is 379. The molecule has 5 heteroatoms. The predicted octanol–water partition coefficient (Wildman–Crippen LogP) is 2.10. The van der Waals surface area contributed by atoms with Gasteiger partial charge in [-0.25, -0.2) is 0 Å². The molecule has 2 rings (SSSR count). The predicted molar refractivity (Wildman–Crippen MR) is 64.2 cm³/mol. The van der Waals surface area contributed by atoms with Crippen LogP contribution in [0.3, 0.4) is 0 Å². The third kappa shape index (κ3) is 1.98. The molecule has 1 aliphatic rings. The van der Waals surface area contributed by atoms with Crippen LogP contribution in [0.5, 0.6) is 0 Å². The number of hydrogen-bond acceptors (Lipinski definition) is 3. The second kappa shape index (κ2) is 4.05. The molecule has 0 aromatic heterocycles. The fourth-order valence-electron chi connectivity index (χ4n) is 1.80. The Balaban J connectivity index is 2.15. The second-order valence-corrected chi connectivity index (χ2v) is 5.10. The van der Waals surface area contributed by atoms with Gasteiger partial charge in [0.25, 0.3) is 5.69 Å². The maximum atomic E-state index is 10.4. The van der Waals surface area contributed by atoms with Gasteiger partial charge < -0.3 is 5.11 Å². The summed E-state index contributed by atoms with van der Waals surface area (Å²) in [5, 5.41) is 19.5. The van der Waals surface area contributed by atoms with Crippen molar-refractivity contribution in [1.29, 1.82) is 0 Å². The number of nitro groups is 1. The first kappa shape index (κ1) is 10.8. The summed E-state index contributed by atoms with van der Waals surface area (Å²) >= 11 is 2.31. The smallest absolute Gasteiger partial charge is 0.269 e. The molecule has 0 heterocycles. The molecule has 1 saturated carbocycles. The highest BCUT2D eigenvalue weighted by atomic mass is 127. The lowest BCUT2D eigenvalue weighted by Crippen LogP contribution is -1.90. The van der Waals surface area contributed by atoms with Crippen molar-refractivity contribution in [1.82, 2.24) is 0 Å². The van der Waals surface area contributed by atoms with Crippen LogP contribution in [-0.2, 0) is 0 Å². The summed E-state index contributed by atoms with van der Waals surface area (Å²) in [6.07, 6.45) is 0.